The third-order valence-electron chi connectivity index (χ3n) is 2.80. The van der Waals surface area contributed by atoms with E-state index in [9.17, 15) is 9.90 Å². The molecule has 1 aromatic carbocycles. The Morgan fingerprint density at radius 1 is 1.44 bits per heavy atom. The van der Waals surface area contributed by atoms with Crippen LogP contribution in [0.1, 0.15) is 24.0 Å². The fraction of sp³-hybridized carbons (Fsp3) is 0.308. The Hall–Kier alpha value is -1.77. The van der Waals surface area contributed by atoms with Crippen molar-refractivity contribution < 1.29 is 14.6 Å². The Morgan fingerprint density at radius 2 is 2.25 bits per heavy atom. The number of hydrogen-bond donors (Lipinski definition) is 0. The molecule has 16 heavy (non-hydrogen) atoms. The van der Waals surface area contributed by atoms with Gasteiger partial charge in [-0.1, -0.05) is 17.7 Å². The average molecular weight is 217 g/mol. The van der Waals surface area contributed by atoms with Crippen molar-refractivity contribution in [2.75, 3.05) is 7.11 Å². The largest absolute Gasteiger partial charge is 0.550 e. The first-order valence-electron chi connectivity index (χ1n) is 5.25. The first kappa shape index (κ1) is 10.7. The Balaban J connectivity index is 2.30. The van der Waals surface area contributed by atoms with Crippen LogP contribution in [0.5, 0.6) is 5.75 Å². The van der Waals surface area contributed by atoms with Gasteiger partial charge in [0, 0.05) is 12.4 Å². The molecule has 1 aromatic rings. The first-order valence-corrected chi connectivity index (χ1v) is 5.25. The molecule has 0 saturated carbocycles. The summed E-state index contributed by atoms with van der Waals surface area (Å²) < 4.78 is 5.14. The molecule has 0 aliphatic heterocycles. The lowest BCUT2D eigenvalue weighted by atomic mass is 9.91. The van der Waals surface area contributed by atoms with Crippen LogP contribution in [0.15, 0.2) is 23.8 Å². The van der Waals surface area contributed by atoms with E-state index in [-0.39, 0.29) is 6.42 Å². The van der Waals surface area contributed by atoms with E-state index in [0.717, 1.165) is 29.7 Å². The summed E-state index contributed by atoms with van der Waals surface area (Å²) in [6.45, 7) is 0. The minimum absolute atomic E-state index is 0.0245. The zero-order chi connectivity index (χ0) is 11.5. The molecule has 3 nitrogen and oxygen atoms in total. The van der Waals surface area contributed by atoms with Gasteiger partial charge in [0.15, 0.2) is 0 Å². The summed E-state index contributed by atoms with van der Waals surface area (Å²) in [6, 6.07) is 5.89. The van der Waals surface area contributed by atoms with Gasteiger partial charge in [-0.2, -0.15) is 0 Å². The highest BCUT2D eigenvalue weighted by Crippen LogP contribution is 2.28. The zero-order valence-electron chi connectivity index (χ0n) is 9.16. The fourth-order valence-electron chi connectivity index (χ4n) is 1.97. The molecule has 0 aromatic heterocycles. The maximum Gasteiger partial charge on any atom is 0.119 e. The van der Waals surface area contributed by atoms with E-state index in [1.54, 1.807) is 7.11 Å². The van der Waals surface area contributed by atoms with Crippen molar-refractivity contribution in [1.82, 2.24) is 0 Å². The fourth-order valence-corrected chi connectivity index (χ4v) is 1.97. The van der Waals surface area contributed by atoms with Crippen LogP contribution < -0.4 is 9.84 Å². The lowest BCUT2D eigenvalue weighted by Gasteiger charge is -2.17. The molecular weight excluding hydrogens is 204 g/mol. The molecule has 0 bridgehead atoms. The lowest BCUT2D eigenvalue weighted by Crippen LogP contribution is -2.22. The second kappa shape index (κ2) is 4.39. The van der Waals surface area contributed by atoms with Gasteiger partial charge >= 0.3 is 0 Å². The number of carbonyl (C=O) groups excluding carboxylic acids is 1. The molecule has 0 atom stereocenters. The molecule has 84 valence electrons. The topological polar surface area (TPSA) is 49.4 Å². The summed E-state index contributed by atoms with van der Waals surface area (Å²) in [4.78, 5) is 10.5. The average Bonchev–Trinajstić information content (AvgIpc) is 2.27. The smallest absolute Gasteiger partial charge is 0.119 e. The van der Waals surface area contributed by atoms with Crippen LogP contribution in [-0.2, 0) is 11.2 Å². The van der Waals surface area contributed by atoms with E-state index >= 15 is 0 Å². The molecular formula is C13H13O3-. The number of hydrogen-bond acceptors (Lipinski definition) is 3. The van der Waals surface area contributed by atoms with Gasteiger partial charge in [-0.25, -0.2) is 0 Å². The predicted octanol–water partition coefficient (Wildman–Crippen LogP) is 1.16. The lowest BCUT2D eigenvalue weighted by molar-refractivity contribution is -0.304. The Bertz CT molecular complexity index is 446. The molecule has 2 rings (SSSR count). The van der Waals surface area contributed by atoms with Gasteiger partial charge in [0.2, 0.25) is 0 Å². The number of carbonyl (C=O) groups is 1. The minimum atomic E-state index is -1.02. The van der Waals surface area contributed by atoms with E-state index in [4.69, 9.17) is 4.74 Å². The van der Waals surface area contributed by atoms with Crippen LogP contribution >= 0.6 is 0 Å². The molecule has 0 spiro atoms. The standard InChI is InChI=1S/C13H14O3/c1-16-12-5-4-10-3-2-9(7-13(14)15)6-11(10)8-12/h4-6,8H,2-3,7H2,1H3,(H,14,15)/p-1. The van der Waals surface area contributed by atoms with Crippen molar-refractivity contribution >= 4 is 12.0 Å². The molecule has 0 fully saturated rings. The molecule has 0 saturated heterocycles. The third kappa shape index (κ3) is 2.24. The Labute approximate surface area is 94.4 Å². The number of benzene rings is 1. The summed E-state index contributed by atoms with van der Waals surface area (Å²) in [5, 5.41) is 10.5. The Morgan fingerprint density at radius 3 is 2.94 bits per heavy atom. The molecule has 1 aliphatic carbocycles. The van der Waals surface area contributed by atoms with Crippen molar-refractivity contribution in [3.05, 3.63) is 34.9 Å². The number of aryl methyl sites for hydroxylation is 1. The van der Waals surface area contributed by atoms with Crippen LogP contribution in [0.2, 0.25) is 0 Å². The number of fused-ring (bicyclic) bond motifs is 1. The number of ether oxygens (including phenoxy) is 1. The van der Waals surface area contributed by atoms with E-state index in [0.29, 0.717) is 0 Å². The van der Waals surface area contributed by atoms with Crippen LogP contribution in [0.3, 0.4) is 0 Å². The number of carboxylic acid groups (broad SMARTS) is 1. The first-order chi connectivity index (χ1) is 7.69. The quantitative estimate of drug-likeness (QED) is 0.763. The maximum atomic E-state index is 10.5. The van der Waals surface area contributed by atoms with Gasteiger partial charge in [0.1, 0.15) is 5.75 Å². The van der Waals surface area contributed by atoms with E-state index in [1.807, 2.05) is 24.3 Å². The molecule has 1 aliphatic rings. The Kier molecular flexibility index (Phi) is 2.95. The second-order valence-corrected chi connectivity index (χ2v) is 3.92. The number of rotatable bonds is 3. The van der Waals surface area contributed by atoms with Crippen LogP contribution in [0.4, 0.5) is 0 Å². The maximum absolute atomic E-state index is 10.5. The van der Waals surface area contributed by atoms with Gasteiger partial charge in [0.05, 0.1) is 7.11 Å². The second-order valence-electron chi connectivity index (χ2n) is 3.92. The van der Waals surface area contributed by atoms with E-state index in [1.165, 1.54) is 5.56 Å². The predicted molar refractivity (Wildman–Crippen MR) is 58.9 cm³/mol. The van der Waals surface area contributed by atoms with Crippen LogP contribution in [0, 0.1) is 0 Å². The summed E-state index contributed by atoms with van der Waals surface area (Å²) in [6.07, 6.45) is 3.64. The summed E-state index contributed by atoms with van der Waals surface area (Å²) in [5.41, 5.74) is 3.21. The molecule has 3 heteroatoms. The summed E-state index contributed by atoms with van der Waals surface area (Å²) in [5.74, 6) is -0.220. The number of methoxy groups -OCH3 is 1. The highest BCUT2D eigenvalue weighted by atomic mass is 16.5. The minimum Gasteiger partial charge on any atom is -0.550 e. The molecule has 0 radical (unpaired) electrons. The highest BCUT2D eigenvalue weighted by Gasteiger charge is 2.11. The third-order valence-corrected chi connectivity index (χ3v) is 2.80. The molecule has 0 unspecified atom stereocenters. The number of aliphatic carboxylic acids is 1. The normalized spacial score (nSPS) is 13.9. The zero-order valence-corrected chi connectivity index (χ0v) is 9.16. The SMILES string of the molecule is COc1ccc2c(c1)C=C(CC(=O)[O-])CC2. The van der Waals surface area contributed by atoms with Gasteiger partial charge in [0.25, 0.3) is 0 Å². The molecule has 0 heterocycles. The van der Waals surface area contributed by atoms with Crippen LogP contribution in [0.25, 0.3) is 6.08 Å². The van der Waals surface area contributed by atoms with Crippen LogP contribution in [-0.4, -0.2) is 13.1 Å². The van der Waals surface area contributed by atoms with Crippen molar-refractivity contribution in [2.24, 2.45) is 0 Å². The summed E-state index contributed by atoms with van der Waals surface area (Å²) in [7, 11) is 1.62. The van der Waals surface area contributed by atoms with Crippen molar-refractivity contribution in [2.45, 2.75) is 19.3 Å². The van der Waals surface area contributed by atoms with Gasteiger partial charge < -0.3 is 14.6 Å². The van der Waals surface area contributed by atoms with E-state index < -0.39 is 5.97 Å². The summed E-state index contributed by atoms with van der Waals surface area (Å²) >= 11 is 0. The van der Waals surface area contributed by atoms with Gasteiger partial charge in [-0.3, -0.25) is 0 Å². The van der Waals surface area contributed by atoms with Gasteiger partial charge in [-0.15, -0.1) is 0 Å². The van der Waals surface area contributed by atoms with Gasteiger partial charge in [-0.05, 0) is 36.1 Å². The monoisotopic (exact) mass is 217 g/mol. The molecule has 0 amide bonds. The van der Waals surface area contributed by atoms with Crippen molar-refractivity contribution in [3.8, 4) is 5.75 Å². The van der Waals surface area contributed by atoms with Crippen molar-refractivity contribution in [1.29, 1.82) is 0 Å². The van der Waals surface area contributed by atoms with Crippen molar-refractivity contribution in [3.63, 3.8) is 0 Å². The molecule has 0 N–H and O–H groups in total. The highest BCUT2D eigenvalue weighted by molar-refractivity contribution is 5.72. The van der Waals surface area contributed by atoms with E-state index in [2.05, 4.69) is 0 Å². The number of carboxylic acids is 1.